The maximum atomic E-state index is 4.71. The SMILES string of the molecule is Cc1nc(C)c(C(C)C)c(Br)c1CC1CC1. The summed E-state index contributed by atoms with van der Waals surface area (Å²) in [6.45, 7) is 8.74. The van der Waals surface area contributed by atoms with Crippen molar-refractivity contribution in [2.24, 2.45) is 5.92 Å². The van der Waals surface area contributed by atoms with Crippen molar-refractivity contribution in [2.75, 3.05) is 0 Å². The molecule has 1 fully saturated rings. The van der Waals surface area contributed by atoms with E-state index >= 15 is 0 Å². The Labute approximate surface area is 107 Å². The quantitative estimate of drug-likeness (QED) is 0.793. The second-order valence-electron chi connectivity index (χ2n) is 5.29. The summed E-state index contributed by atoms with van der Waals surface area (Å²) in [4.78, 5) is 4.71. The Hall–Kier alpha value is -0.370. The lowest BCUT2D eigenvalue weighted by molar-refractivity contribution is 0.781. The van der Waals surface area contributed by atoms with Crippen LogP contribution in [-0.4, -0.2) is 4.98 Å². The highest BCUT2D eigenvalue weighted by atomic mass is 79.9. The number of rotatable bonds is 3. The standard InChI is InChI=1S/C14H20BrN/c1-8(2)13-10(4)16-9(3)12(14(13)15)7-11-5-6-11/h8,11H,5-7H2,1-4H3. The van der Waals surface area contributed by atoms with Crippen LogP contribution in [0.25, 0.3) is 0 Å². The molecule has 0 aliphatic heterocycles. The Morgan fingerprint density at radius 1 is 1.25 bits per heavy atom. The van der Waals surface area contributed by atoms with Crippen molar-refractivity contribution in [2.45, 2.75) is 52.9 Å². The number of nitrogens with zero attached hydrogens (tertiary/aromatic N) is 1. The predicted molar refractivity (Wildman–Crippen MR) is 71.9 cm³/mol. The molecule has 2 heteroatoms. The molecule has 0 atom stereocenters. The van der Waals surface area contributed by atoms with Crippen molar-refractivity contribution in [3.63, 3.8) is 0 Å². The highest BCUT2D eigenvalue weighted by Gasteiger charge is 2.25. The molecule has 0 saturated heterocycles. The lowest BCUT2D eigenvalue weighted by Crippen LogP contribution is -2.05. The molecule has 16 heavy (non-hydrogen) atoms. The van der Waals surface area contributed by atoms with Crippen LogP contribution in [0.1, 0.15) is 55.1 Å². The van der Waals surface area contributed by atoms with Gasteiger partial charge in [0.15, 0.2) is 0 Å². The molecule has 0 radical (unpaired) electrons. The van der Waals surface area contributed by atoms with E-state index in [0.29, 0.717) is 5.92 Å². The van der Waals surface area contributed by atoms with Crippen molar-refractivity contribution in [1.82, 2.24) is 4.98 Å². The Morgan fingerprint density at radius 2 is 1.88 bits per heavy atom. The van der Waals surface area contributed by atoms with Crippen LogP contribution in [0, 0.1) is 19.8 Å². The third kappa shape index (κ3) is 2.32. The molecule has 2 rings (SSSR count). The van der Waals surface area contributed by atoms with E-state index in [0.717, 1.165) is 5.92 Å². The monoisotopic (exact) mass is 281 g/mol. The molecular weight excluding hydrogens is 262 g/mol. The van der Waals surface area contributed by atoms with Crippen LogP contribution in [0.5, 0.6) is 0 Å². The van der Waals surface area contributed by atoms with Gasteiger partial charge in [0.2, 0.25) is 0 Å². The van der Waals surface area contributed by atoms with Gasteiger partial charge in [0.25, 0.3) is 0 Å². The van der Waals surface area contributed by atoms with E-state index in [1.54, 1.807) is 0 Å². The van der Waals surface area contributed by atoms with Gasteiger partial charge in [-0.25, -0.2) is 0 Å². The fourth-order valence-electron chi connectivity index (χ4n) is 2.38. The number of hydrogen-bond donors (Lipinski definition) is 0. The lowest BCUT2D eigenvalue weighted by atomic mass is 9.96. The summed E-state index contributed by atoms with van der Waals surface area (Å²) in [5, 5.41) is 0. The van der Waals surface area contributed by atoms with Crippen LogP contribution >= 0.6 is 15.9 Å². The van der Waals surface area contributed by atoms with Crippen molar-refractivity contribution >= 4 is 15.9 Å². The highest BCUT2D eigenvalue weighted by molar-refractivity contribution is 9.10. The summed E-state index contributed by atoms with van der Waals surface area (Å²) < 4.78 is 1.32. The van der Waals surface area contributed by atoms with Crippen LogP contribution in [0.4, 0.5) is 0 Å². The summed E-state index contributed by atoms with van der Waals surface area (Å²) in [6, 6.07) is 0. The molecule has 0 aromatic carbocycles. The minimum Gasteiger partial charge on any atom is -0.258 e. The number of aromatic nitrogens is 1. The summed E-state index contributed by atoms with van der Waals surface area (Å²) in [7, 11) is 0. The smallest absolute Gasteiger partial charge is 0.0421 e. The van der Waals surface area contributed by atoms with Gasteiger partial charge in [-0.3, -0.25) is 4.98 Å². The van der Waals surface area contributed by atoms with Crippen molar-refractivity contribution < 1.29 is 0 Å². The molecule has 1 aliphatic carbocycles. The van der Waals surface area contributed by atoms with Gasteiger partial charge >= 0.3 is 0 Å². The van der Waals surface area contributed by atoms with E-state index in [4.69, 9.17) is 4.98 Å². The van der Waals surface area contributed by atoms with Gasteiger partial charge in [-0.2, -0.15) is 0 Å². The van der Waals surface area contributed by atoms with Gasteiger partial charge in [-0.05, 0) is 56.1 Å². The molecule has 88 valence electrons. The molecule has 1 heterocycles. The second-order valence-corrected chi connectivity index (χ2v) is 6.08. The minimum atomic E-state index is 0.542. The average molecular weight is 282 g/mol. The van der Waals surface area contributed by atoms with E-state index in [1.165, 1.54) is 46.2 Å². The zero-order valence-electron chi connectivity index (χ0n) is 10.6. The molecule has 1 aliphatic rings. The van der Waals surface area contributed by atoms with E-state index in [2.05, 4.69) is 43.6 Å². The first kappa shape index (κ1) is 12.1. The number of aryl methyl sites for hydroxylation is 2. The maximum Gasteiger partial charge on any atom is 0.0421 e. The van der Waals surface area contributed by atoms with Crippen molar-refractivity contribution in [3.8, 4) is 0 Å². The van der Waals surface area contributed by atoms with Crippen molar-refractivity contribution in [3.05, 3.63) is 27.0 Å². The Balaban J connectivity index is 2.45. The third-order valence-corrected chi connectivity index (χ3v) is 4.34. The Bertz CT molecular complexity index is 406. The second kappa shape index (κ2) is 4.48. The molecule has 0 bridgehead atoms. The van der Waals surface area contributed by atoms with E-state index in [-0.39, 0.29) is 0 Å². The van der Waals surface area contributed by atoms with Crippen LogP contribution < -0.4 is 0 Å². The lowest BCUT2D eigenvalue weighted by Gasteiger charge is -2.17. The fraction of sp³-hybridized carbons (Fsp3) is 0.643. The number of halogens is 1. The van der Waals surface area contributed by atoms with Crippen LogP contribution in [0.15, 0.2) is 4.47 Å². The summed E-state index contributed by atoms with van der Waals surface area (Å²) >= 11 is 3.80. The van der Waals surface area contributed by atoms with Gasteiger partial charge < -0.3 is 0 Å². The van der Waals surface area contributed by atoms with Crippen LogP contribution in [0.2, 0.25) is 0 Å². The third-order valence-electron chi connectivity index (χ3n) is 3.43. The number of pyridine rings is 1. The summed E-state index contributed by atoms with van der Waals surface area (Å²) in [6.07, 6.45) is 4.01. The zero-order chi connectivity index (χ0) is 11.9. The van der Waals surface area contributed by atoms with Crippen LogP contribution in [-0.2, 0) is 6.42 Å². The van der Waals surface area contributed by atoms with E-state index < -0.39 is 0 Å². The molecule has 1 aromatic heterocycles. The molecule has 0 amide bonds. The first-order valence-electron chi connectivity index (χ1n) is 6.16. The molecule has 0 spiro atoms. The Kier molecular flexibility index (Phi) is 3.39. The maximum absolute atomic E-state index is 4.71. The zero-order valence-corrected chi connectivity index (χ0v) is 12.2. The van der Waals surface area contributed by atoms with Gasteiger partial charge in [-0.1, -0.05) is 29.8 Å². The largest absolute Gasteiger partial charge is 0.258 e. The minimum absolute atomic E-state index is 0.542. The van der Waals surface area contributed by atoms with E-state index in [9.17, 15) is 0 Å². The molecule has 1 saturated carbocycles. The highest BCUT2D eigenvalue weighted by Crippen LogP contribution is 2.38. The average Bonchev–Trinajstić information content (AvgIpc) is 2.94. The van der Waals surface area contributed by atoms with E-state index in [1.807, 2.05) is 0 Å². The first-order chi connectivity index (χ1) is 7.50. The number of hydrogen-bond acceptors (Lipinski definition) is 1. The van der Waals surface area contributed by atoms with Gasteiger partial charge in [0.1, 0.15) is 0 Å². The molecule has 1 aromatic rings. The topological polar surface area (TPSA) is 12.9 Å². The normalized spacial score (nSPS) is 15.9. The molecule has 0 unspecified atom stereocenters. The summed E-state index contributed by atoms with van der Waals surface area (Å²) in [5.74, 6) is 1.46. The molecule has 0 N–H and O–H groups in total. The molecular formula is C14H20BrN. The fourth-order valence-corrected chi connectivity index (χ4v) is 3.57. The molecule has 1 nitrogen and oxygen atoms in total. The van der Waals surface area contributed by atoms with Gasteiger partial charge in [-0.15, -0.1) is 0 Å². The van der Waals surface area contributed by atoms with Gasteiger partial charge in [0.05, 0.1) is 0 Å². The van der Waals surface area contributed by atoms with Gasteiger partial charge in [0, 0.05) is 15.9 Å². The Morgan fingerprint density at radius 3 is 2.38 bits per heavy atom. The predicted octanol–water partition coefficient (Wildman–Crippen LogP) is 4.54. The first-order valence-corrected chi connectivity index (χ1v) is 6.95. The summed E-state index contributed by atoms with van der Waals surface area (Å²) in [5.41, 5.74) is 5.22. The van der Waals surface area contributed by atoms with Crippen LogP contribution in [0.3, 0.4) is 0 Å². The van der Waals surface area contributed by atoms with Crippen molar-refractivity contribution in [1.29, 1.82) is 0 Å².